The van der Waals surface area contributed by atoms with Crippen molar-refractivity contribution in [1.29, 1.82) is 0 Å². The molecule has 8 heteroatoms. The maximum atomic E-state index is 10.2. The monoisotopic (exact) mass is 606 g/mol. The lowest BCUT2D eigenvalue weighted by atomic mass is 9.47. The minimum absolute atomic E-state index is 0.0766. The van der Waals surface area contributed by atoms with E-state index in [1.54, 1.807) is 11.8 Å². The molecule has 0 amide bonds. The van der Waals surface area contributed by atoms with E-state index in [4.69, 9.17) is 10.6 Å². The van der Waals surface area contributed by atoms with Gasteiger partial charge in [-0.05, 0) is 111 Å². The second kappa shape index (κ2) is 15.3. The summed E-state index contributed by atoms with van der Waals surface area (Å²) in [5, 5.41) is 10.2. The third-order valence-electron chi connectivity index (χ3n) is 11.5. The predicted molar refractivity (Wildman–Crippen MR) is 175 cm³/mol. The zero-order chi connectivity index (χ0) is 31.1. The molecule has 3 saturated carbocycles. The SMILES string of the molecule is CC(C)CCC[C@@H](C)[C@H]1CC[C@H]2[C@@H]3CC=C4C[C@@H](O)CC[C@]4(C)[C@H]3CC[C@]12C.CP(N)(=O)O.NCCCc1ncc[nH]1. The van der Waals surface area contributed by atoms with Crippen LogP contribution in [0.5, 0.6) is 0 Å². The molecule has 242 valence electrons. The van der Waals surface area contributed by atoms with Crippen molar-refractivity contribution in [3.05, 3.63) is 29.9 Å². The van der Waals surface area contributed by atoms with Crippen molar-refractivity contribution >= 4 is 7.52 Å². The first-order chi connectivity index (χ1) is 19.7. The van der Waals surface area contributed by atoms with Gasteiger partial charge in [0.05, 0.1) is 6.10 Å². The Morgan fingerprint density at radius 1 is 1.10 bits per heavy atom. The number of allylic oxidation sites excluding steroid dienone is 1. The number of H-pyrrole nitrogens is 1. The maximum Gasteiger partial charge on any atom is 0.261 e. The van der Waals surface area contributed by atoms with Crippen molar-refractivity contribution < 1.29 is 14.6 Å². The van der Waals surface area contributed by atoms with E-state index in [1.165, 1.54) is 57.8 Å². The molecule has 0 spiro atoms. The van der Waals surface area contributed by atoms with Crippen LogP contribution < -0.4 is 11.2 Å². The van der Waals surface area contributed by atoms with E-state index in [2.05, 4.69) is 56.2 Å². The van der Waals surface area contributed by atoms with Gasteiger partial charge in [0.2, 0.25) is 0 Å². The number of aliphatic hydroxyl groups is 1. The number of nitrogens with two attached hydrogens (primary N) is 2. The Bertz CT molecular complexity index is 1020. The van der Waals surface area contributed by atoms with Crippen LogP contribution in [0, 0.1) is 46.3 Å². The van der Waals surface area contributed by atoms with Gasteiger partial charge >= 0.3 is 0 Å². The number of aromatic nitrogens is 2. The van der Waals surface area contributed by atoms with Crippen LogP contribution in [0.2, 0.25) is 0 Å². The molecule has 5 rings (SSSR count). The Morgan fingerprint density at radius 2 is 1.81 bits per heavy atom. The van der Waals surface area contributed by atoms with Crippen molar-refractivity contribution in [2.45, 2.75) is 124 Å². The van der Waals surface area contributed by atoms with E-state index in [9.17, 15) is 9.67 Å². The second-order valence-electron chi connectivity index (χ2n) is 15.1. The number of hydrogen-bond acceptors (Lipinski definition) is 4. The lowest BCUT2D eigenvalue weighted by molar-refractivity contribution is -0.0573. The van der Waals surface area contributed by atoms with Gasteiger partial charge in [0.25, 0.3) is 7.52 Å². The molecular weight excluding hydrogens is 543 g/mol. The number of nitrogens with one attached hydrogen (secondary N) is 1. The summed E-state index contributed by atoms with van der Waals surface area (Å²) in [5.74, 6) is 6.49. The predicted octanol–water partition coefficient (Wildman–Crippen LogP) is 7.45. The normalized spacial score (nSPS) is 35.7. The number of rotatable bonds is 8. The smallest absolute Gasteiger partial charge is 0.261 e. The summed E-state index contributed by atoms with van der Waals surface area (Å²) in [7, 11) is -3.14. The highest BCUT2D eigenvalue weighted by Crippen LogP contribution is 2.67. The molecule has 9 atom stereocenters. The van der Waals surface area contributed by atoms with E-state index in [0.29, 0.717) is 10.8 Å². The topological polar surface area (TPSA) is 138 Å². The van der Waals surface area contributed by atoms with Crippen LogP contribution in [0.1, 0.15) is 117 Å². The molecule has 1 unspecified atom stereocenters. The van der Waals surface area contributed by atoms with Crippen LogP contribution in [-0.2, 0) is 11.0 Å². The van der Waals surface area contributed by atoms with E-state index >= 15 is 0 Å². The third-order valence-corrected chi connectivity index (χ3v) is 11.5. The average Bonchev–Trinajstić information content (AvgIpc) is 3.54. The summed E-state index contributed by atoms with van der Waals surface area (Å²) >= 11 is 0. The average molecular weight is 607 g/mol. The number of aliphatic hydroxyl groups excluding tert-OH is 1. The van der Waals surface area contributed by atoms with Gasteiger partial charge < -0.3 is 20.7 Å². The van der Waals surface area contributed by atoms with Crippen molar-refractivity contribution in [3.8, 4) is 0 Å². The molecule has 1 heterocycles. The molecule has 3 fully saturated rings. The minimum Gasteiger partial charge on any atom is -0.393 e. The lowest BCUT2D eigenvalue weighted by Crippen LogP contribution is -2.50. The number of hydrogen-bond donors (Lipinski definition) is 5. The highest BCUT2D eigenvalue weighted by molar-refractivity contribution is 7.54. The Kier molecular flexibility index (Phi) is 13.0. The fourth-order valence-electron chi connectivity index (χ4n) is 9.37. The van der Waals surface area contributed by atoms with Crippen molar-refractivity contribution in [3.63, 3.8) is 0 Å². The first kappa shape index (κ1) is 35.5. The Hall–Kier alpha value is -0.980. The molecule has 4 aliphatic carbocycles. The number of imidazole rings is 1. The third kappa shape index (κ3) is 9.27. The van der Waals surface area contributed by atoms with Gasteiger partial charge in [-0.25, -0.2) is 4.98 Å². The van der Waals surface area contributed by atoms with E-state index < -0.39 is 7.52 Å². The van der Waals surface area contributed by atoms with Crippen LogP contribution in [0.15, 0.2) is 24.0 Å². The van der Waals surface area contributed by atoms with Gasteiger partial charge in [0, 0.05) is 25.5 Å². The summed E-state index contributed by atoms with van der Waals surface area (Å²) in [4.78, 5) is 14.9. The lowest BCUT2D eigenvalue weighted by Gasteiger charge is -2.58. The van der Waals surface area contributed by atoms with Crippen LogP contribution in [0.4, 0.5) is 0 Å². The Balaban J connectivity index is 0.000000285. The summed E-state index contributed by atoms with van der Waals surface area (Å²) in [5.41, 5.74) is 12.4. The van der Waals surface area contributed by atoms with Gasteiger partial charge in [-0.1, -0.05) is 65.5 Å². The van der Waals surface area contributed by atoms with Crippen molar-refractivity contribution in [2.24, 2.45) is 57.6 Å². The van der Waals surface area contributed by atoms with Gasteiger partial charge in [0.1, 0.15) is 5.82 Å². The zero-order valence-corrected chi connectivity index (χ0v) is 28.4. The molecule has 1 aromatic heterocycles. The highest BCUT2D eigenvalue weighted by Gasteiger charge is 2.59. The molecular formula is C34H63N4O3P. The Morgan fingerprint density at radius 3 is 2.43 bits per heavy atom. The molecule has 7 N–H and O–H groups in total. The summed E-state index contributed by atoms with van der Waals surface area (Å²) in [6.07, 6.45) is 22.7. The van der Waals surface area contributed by atoms with Crippen LogP contribution >= 0.6 is 7.52 Å². The molecule has 0 bridgehead atoms. The second-order valence-corrected chi connectivity index (χ2v) is 16.9. The van der Waals surface area contributed by atoms with Crippen molar-refractivity contribution in [1.82, 2.24) is 9.97 Å². The molecule has 0 aromatic carbocycles. The highest BCUT2D eigenvalue weighted by atomic mass is 31.2. The summed E-state index contributed by atoms with van der Waals surface area (Å²) in [6.45, 7) is 14.4. The molecule has 1 aromatic rings. The number of nitrogens with zero attached hydrogens (tertiary/aromatic N) is 1. The number of fused-ring (bicyclic) bond motifs is 5. The van der Waals surface area contributed by atoms with Gasteiger partial charge in [-0.3, -0.25) is 10.1 Å². The molecule has 0 radical (unpaired) electrons. The largest absolute Gasteiger partial charge is 0.393 e. The van der Waals surface area contributed by atoms with Gasteiger partial charge in [0.15, 0.2) is 0 Å². The minimum atomic E-state index is -3.14. The standard InChI is InChI=1S/C27H46O.C6H11N3.CH6NO2P/c1-18(2)7-6-8-19(3)23-11-12-24-22-10-9-20-17-21(28)13-15-26(20,4)25(22)14-16-27(23,24)5;7-3-1-2-6-8-4-5-9-6;1-5(2,3)4/h9,18-19,21-25,28H,6-8,10-17H2,1-5H3;4-5H,1-3,7H2,(H,8,9);1H3,(H3,2,3,4)/t19-,21+,22+,23-,24+,25+,26+,27-;;/m1../s1. The van der Waals surface area contributed by atoms with Gasteiger partial charge in [-0.15, -0.1) is 0 Å². The van der Waals surface area contributed by atoms with Gasteiger partial charge in [-0.2, -0.15) is 0 Å². The summed E-state index contributed by atoms with van der Waals surface area (Å²) < 4.78 is 9.55. The molecule has 42 heavy (non-hydrogen) atoms. The maximum absolute atomic E-state index is 10.2. The fraction of sp³-hybridized carbons (Fsp3) is 0.853. The summed E-state index contributed by atoms with van der Waals surface area (Å²) in [6, 6.07) is 0. The molecule has 0 aliphatic heterocycles. The van der Waals surface area contributed by atoms with E-state index in [-0.39, 0.29) is 6.10 Å². The van der Waals surface area contributed by atoms with E-state index in [0.717, 1.165) is 80.2 Å². The Labute approximate surface area is 256 Å². The van der Waals surface area contributed by atoms with Crippen LogP contribution in [0.3, 0.4) is 0 Å². The van der Waals surface area contributed by atoms with E-state index in [1.807, 2.05) is 6.20 Å². The van der Waals surface area contributed by atoms with Crippen LogP contribution in [0.25, 0.3) is 0 Å². The zero-order valence-electron chi connectivity index (χ0n) is 27.5. The van der Waals surface area contributed by atoms with Crippen LogP contribution in [-0.4, -0.2) is 39.3 Å². The number of aryl methyl sites for hydroxylation is 1. The first-order valence-corrected chi connectivity index (χ1v) is 19.0. The molecule has 7 nitrogen and oxygen atoms in total. The first-order valence-electron chi connectivity index (χ1n) is 16.8. The number of aromatic amines is 1. The molecule has 0 saturated heterocycles. The molecule has 4 aliphatic rings. The fourth-order valence-corrected chi connectivity index (χ4v) is 9.37. The van der Waals surface area contributed by atoms with Crippen molar-refractivity contribution in [2.75, 3.05) is 13.2 Å². The quantitative estimate of drug-likeness (QED) is 0.154.